The van der Waals surface area contributed by atoms with Crippen molar-refractivity contribution in [2.75, 3.05) is 12.8 Å². The van der Waals surface area contributed by atoms with E-state index in [4.69, 9.17) is 10.7 Å². The molecular weight excluding hydrogens is 460 g/mol. The van der Waals surface area contributed by atoms with Gasteiger partial charge in [0.25, 0.3) is 5.56 Å². The van der Waals surface area contributed by atoms with Gasteiger partial charge in [0.1, 0.15) is 0 Å². The van der Waals surface area contributed by atoms with Gasteiger partial charge in [-0.15, -0.1) is 0 Å². The van der Waals surface area contributed by atoms with Gasteiger partial charge in [-0.25, -0.2) is 4.98 Å². The van der Waals surface area contributed by atoms with Gasteiger partial charge in [0.2, 0.25) is 11.8 Å². The maximum absolute atomic E-state index is 13.2. The van der Waals surface area contributed by atoms with Crippen LogP contribution in [-0.2, 0) is 22.6 Å². The first-order valence-corrected chi connectivity index (χ1v) is 13.2. The van der Waals surface area contributed by atoms with Gasteiger partial charge in [0.05, 0.1) is 22.7 Å². The minimum Gasteiger partial charge on any atom is -0.370 e. The summed E-state index contributed by atoms with van der Waals surface area (Å²) >= 11 is 1.31. The first-order valence-electron chi connectivity index (χ1n) is 12.2. The van der Waals surface area contributed by atoms with Crippen LogP contribution in [0.3, 0.4) is 0 Å². The van der Waals surface area contributed by atoms with Gasteiger partial charge in [-0.2, -0.15) is 0 Å². The van der Waals surface area contributed by atoms with Crippen LogP contribution in [0.4, 0.5) is 0 Å². The molecule has 2 amide bonds. The number of unbranched alkanes of at least 4 members (excludes halogenated alkanes) is 2. The van der Waals surface area contributed by atoms with E-state index in [1.165, 1.54) is 22.9 Å². The standard InChI is InChI=1S/C27H32N4O3S/c1-30(23-15-9-11-19-10-4-5-12-20(19)23)25(33)18-35-27-29-22-14-7-6-13-21(22)26(34)31(27)17-8-2-3-16-24(28)32/h4-7,10,12-14,23H,2-3,8-9,11,15-18H2,1H3,(H2,28,32)/t23-/m0/s1. The Kier molecular flexibility index (Phi) is 8.23. The quantitative estimate of drug-likeness (QED) is 0.261. The van der Waals surface area contributed by atoms with Crippen LogP contribution in [0.5, 0.6) is 0 Å². The molecule has 1 heterocycles. The van der Waals surface area contributed by atoms with E-state index in [-0.39, 0.29) is 29.2 Å². The monoisotopic (exact) mass is 492 g/mol. The molecule has 0 aliphatic heterocycles. The molecule has 184 valence electrons. The molecule has 3 aromatic rings. The molecule has 8 heteroatoms. The number of nitrogens with zero attached hydrogens (tertiary/aromatic N) is 3. The summed E-state index contributed by atoms with van der Waals surface area (Å²) in [5, 5.41) is 1.12. The lowest BCUT2D eigenvalue weighted by Gasteiger charge is -2.33. The lowest BCUT2D eigenvalue weighted by molar-refractivity contribution is -0.129. The molecule has 1 aliphatic rings. The lowest BCUT2D eigenvalue weighted by Crippen LogP contribution is -2.34. The molecule has 35 heavy (non-hydrogen) atoms. The molecule has 0 fully saturated rings. The van der Waals surface area contributed by atoms with E-state index in [0.29, 0.717) is 35.4 Å². The molecule has 7 nitrogen and oxygen atoms in total. The molecule has 0 spiro atoms. The number of aryl methyl sites for hydroxylation is 1. The number of benzene rings is 2. The summed E-state index contributed by atoms with van der Waals surface area (Å²) < 4.78 is 1.67. The average molecular weight is 493 g/mol. The largest absolute Gasteiger partial charge is 0.370 e. The van der Waals surface area contributed by atoms with Gasteiger partial charge in [-0.1, -0.05) is 54.6 Å². The topological polar surface area (TPSA) is 98.3 Å². The summed E-state index contributed by atoms with van der Waals surface area (Å²) in [7, 11) is 1.87. The predicted octanol–water partition coefficient (Wildman–Crippen LogP) is 4.07. The number of para-hydroxylation sites is 1. The Labute approximate surface area is 209 Å². The Morgan fingerprint density at radius 3 is 2.71 bits per heavy atom. The Bertz CT molecular complexity index is 1270. The number of nitrogens with two attached hydrogens (primary N) is 1. The molecule has 0 radical (unpaired) electrons. The Morgan fingerprint density at radius 1 is 1.11 bits per heavy atom. The van der Waals surface area contributed by atoms with Crippen molar-refractivity contribution in [2.24, 2.45) is 5.73 Å². The van der Waals surface area contributed by atoms with Crippen molar-refractivity contribution in [3.63, 3.8) is 0 Å². The van der Waals surface area contributed by atoms with Crippen LogP contribution >= 0.6 is 11.8 Å². The zero-order valence-corrected chi connectivity index (χ0v) is 20.9. The van der Waals surface area contributed by atoms with Crippen LogP contribution in [0.1, 0.15) is 55.7 Å². The molecule has 1 atom stereocenters. The number of thioether (sulfide) groups is 1. The van der Waals surface area contributed by atoms with Crippen molar-refractivity contribution in [1.29, 1.82) is 0 Å². The first kappa shape index (κ1) is 25.0. The van der Waals surface area contributed by atoms with E-state index in [2.05, 4.69) is 18.2 Å². The highest BCUT2D eigenvalue weighted by molar-refractivity contribution is 7.99. The molecule has 2 aromatic carbocycles. The number of aromatic nitrogens is 2. The highest BCUT2D eigenvalue weighted by Crippen LogP contribution is 2.34. The number of hydrogen-bond acceptors (Lipinski definition) is 5. The number of carbonyl (C=O) groups is 2. The second kappa shape index (κ2) is 11.5. The molecule has 4 rings (SSSR count). The molecule has 1 aliphatic carbocycles. The van der Waals surface area contributed by atoms with E-state index < -0.39 is 0 Å². The van der Waals surface area contributed by atoms with Gasteiger partial charge in [-0.05, 0) is 55.4 Å². The fraction of sp³-hybridized carbons (Fsp3) is 0.407. The Balaban J connectivity index is 1.49. The van der Waals surface area contributed by atoms with Crippen molar-refractivity contribution < 1.29 is 9.59 Å². The second-order valence-electron chi connectivity index (χ2n) is 9.05. The minimum atomic E-state index is -0.311. The predicted molar refractivity (Wildman–Crippen MR) is 139 cm³/mol. The van der Waals surface area contributed by atoms with Crippen molar-refractivity contribution in [3.8, 4) is 0 Å². The Hall–Kier alpha value is -3.13. The van der Waals surface area contributed by atoms with Gasteiger partial charge in [0.15, 0.2) is 5.16 Å². The van der Waals surface area contributed by atoms with Crippen LogP contribution < -0.4 is 11.3 Å². The second-order valence-corrected chi connectivity index (χ2v) is 9.99. The van der Waals surface area contributed by atoms with Crippen molar-refractivity contribution in [3.05, 3.63) is 70.0 Å². The maximum atomic E-state index is 13.2. The first-order chi connectivity index (χ1) is 17.0. The lowest BCUT2D eigenvalue weighted by atomic mass is 9.87. The fourth-order valence-corrected chi connectivity index (χ4v) is 5.68. The van der Waals surface area contributed by atoms with Gasteiger partial charge < -0.3 is 10.6 Å². The van der Waals surface area contributed by atoms with Crippen molar-refractivity contribution >= 4 is 34.5 Å². The van der Waals surface area contributed by atoms with Gasteiger partial charge in [-0.3, -0.25) is 19.0 Å². The zero-order chi connectivity index (χ0) is 24.8. The van der Waals surface area contributed by atoms with Crippen LogP contribution in [0.25, 0.3) is 10.9 Å². The number of fused-ring (bicyclic) bond motifs is 2. The molecule has 0 unspecified atom stereocenters. The van der Waals surface area contributed by atoms with E-state index in [9.17, 15) is 14.4 Å². The number of carbonyl (C=O) groups excluding carboxylic acids is 2. The number of amides is 2. The molecular formula is C27H32N4O3S. The molecule has 0 bridgehead atoms. The van der Waals surface area contributed by atoms with E-state index in [1.807, 2.05) is 36.2 Å². The molecule has 0 saturated heterocycles. The summed E-state index contributed by atoms with van der Waals surface area (Å²) in [4.78, 5) is 44.0. The van der Waals surface area contributed by atoms with Crippen molar-refractivity contribution in [2.45, 2.75) is 62.7 Å². The summed E-state index contributed by atoms with van der Waals surface area (Å²) in [6, 6.07) is 15.7. The van der Waals surface area contributed by atoms with Gasteiger partial charge >= 0.3 is 0 Å². The number of rotatable bonds is 10. The smallest absolute Gasteiger partial charge is 0.262 e. The third-order valence-electron chi connectivity index (χ3n) is 6.65. The Morgan fingerprint density at radius 2 is 1.89 bits per heavy atom. The maximum Gasteiger partial charge on any atom is 0.262 e. The number of primary amides is 1. The number of hydrogen-bond donors (Lipinski definition) is 1. The van der Waals surface area contributed by atoms with E-state index in [0.717, 1.165) is 32.1 Å². The average Bonchev–Trinajstić information content (AvgIpc) is 2.87. The third kappa shape index (κ3) is 5.93. The van der Waals surface area contributed by atoms with Crippen LogP contribution in [0, 0.1) is 0 Å². The highest BCUT2D eigenvalue weighted by atomic mass is 32.2. The van der Waals surface area contributed by atoms with Gasteiger partial charge in [0, 0.05) is 20.0 Å². The zero-order valence-electron chi connectivity index (χ0n) is 20.1. The van der Waals surface area contributed by atoms with Crippen LogP contribution in [0.15, 0.2) is 58.5 Å². The third-order valence-corrected chi connectivity index (χ3v) is 7.62. The molecule has 0 saturated carbocycles. The fourth-order valence-electron chi connectivity index (χ4n) is 4.73. The molecule has 2 N–H and O–H groups in total. The summed E-state index contributed by atoms with van der Waals surface area (Å²) in [6.45, 7) is 0.484. The SMILES string of the molecule is CN(C(=O)CSc1nc2ccccc2c(=O)n1CCCCCC(N)=O)[C@H]1CCCc2ccccc21. The minimum absolute atomic E-state index is 0.0205. The summed E-state index contributed by atoms with van der Waals surface area (Å²) in [5.74, 6) is -0.0807. The van der Waals surface area contributed by atoms with Crippen LogP contribution in [0.2, 0.25) is 0 Å². The summed E-state index contributed by atoms with van der Waals surface area (Å²) in [6.07, 6.45) is 5.62. The van der Waals surface area contributed by atoms with E-state index in [1.54, 1.807) is 10.6 Å². The van der Waals surface area contributed by atoms with Crippen molar-refractivity contribution in [1.82, 2.24) is 14.5 Å². The van der Waals surface area contributed by atoms with Crippen LogP contribution in [-0.4, -0.2) is 39.1 Å². The molecule has 1 aromatic heterocycles. The summed E-state index contributed by atoms with van der Waals surface area (Å²) in [5.41, 5.74) is 8.30. The van der Waals surface area contributed by atoms with E-state index >= 15 is 0 Å². The highest BCUT2D eigenvalue weighted by Gasteiger charge is 2.26. The normalized spacial score (nSPS) is 15.1.